The van der Waals surface area contributed by atoms with Crippen molar-refractivity contribution in [2.75, 3.05) is 19.6 Å². The van der Waals surface area contributed by atoms with Gasteiger partial charge in [0.05, 0.1) is 0 Å². The molecule has 2 aliphatic rings. The minimum atomic E-state index is 0.102. The SMILES string of the molecule is CC(=O)NCC1CCN(C2CC2)C1. The van der Waals surface area contributed by atoms with Crippen LogP contribution in [0.5, 0.6) is 0 Å². The highest BCUT2D eigenvalue weighted by atomic mass is 16.1. The van der Waals surface area contributed by atoms with E-state index in [0.717, 1.165) is 12.6 Å². The first-order valence-electron chi connectivity index (χ1n) is 5.24. The summed E-state index contributed by atoms with van der Waals surface area (Å²) in [6, 6.07) is 0.891. The predicted octanol–water partition coefficient (Wildman–Crippen LogP) is 0.607. The van der Waals surface area contributed by atoms with Gasteiger partial charge in [-0.1, -0.05) is 0 Å². The van der Waals surface area contributed by atoms with Crippen molar-refractivity contribution >= 4 is 5.91 Å². The fourth-order valence-electron chi connectivity index (χ4n) is 2.09. The van der Waals surface area contributed by atoms with E-state index in [1.807, 2.05) is 0 Å². The third-order valence-electron chi connectivity index (χ3n) is 3.02. The highest BCUT2D eigenvalue weighted by molar-refractivity contribution is 5.72. The molecule has 0 spiro atoms. The van der Waals surface area contributed by atoms with E-state index >= 15 is 0 Å². The third-order valence-corrected chi connectivity index (χ3v) is 3.02. The number of hydrogen-bond donors (Lipinski definition) is 1. The second-order valence-electron chi connectivity index (χ2n) is 4.32. The molecule has 2 rings (SSSR count). The second-order valence-corrected chi connectivity index (χ2v) is 4.32. The zero-order valence-corrected chi connectivity index (χ0v) is 8.25. The number of nitrogens with zero attached hydrogens (tertiary/aromatic N) is 1. The van der Waals surface area contributed by atoms with Crippen LogP contribution in [-0.4, -0.2) is 36.5 Å². The number of amides is 1. The zero-order chi connectivity index (χ0) is 9.26. The van der Waals surface area contributed by atoms with Crippen molar-refractivity contribution in [3.05, 3.63) is 0 Å². The van der Waals surface area contributed by atoms with Crippen molar-refractivity contribution in [1.82, 2.24) is 10.2 Å². The highest BCUT2D eigenvalue weighted by Gasteiger charge is 2.34. The van der Waals surface area contributed by atoms with Crippen molar-refractivity contribution in [1.29, 1.82) is 0 Å². The van der Waals surface area contributed by atoms with Crippen LogP contribution in [0.1, 0.15) is 26.2 Å². The van der Waals surface area contributed by atoms with Gasteiger partial charge in [-0.15, -0.1) is 0 Å². The molecule has 0 bridgehead atoms. The minimum Gasteiger partial charge on any atom is -0.356 e. The third kappa shape index (κ3) is 2.44. The van der Waals surface area contributed by atoms with Crippen LogP contribution < -0.4 is 5.32 Å². The second kappa shape index (κ2) is 3.66. The first-order valence-corrected chi connectivity index (χ1v) is 5.24. The Bertz CT molecular complexity index is 201. The standard InChI is InChI=1S/C10H18N2O/c1-8(13)11-6-9-4-5-12(7-9)10-2-3-10/h9-10H,2-7H2,1H3,(H,11,13). The fraction of sp³-hybridized carbons (Fsp3) is 0.900. The van der Waals surface area contributed by atoms with Gasteiger partial charge in [0, 0.05) is 26.1 Å². The minimum absolute atomic E-state index is 0.102. The molecule has 1 heterocycles. The Hall–Kier alpha value is -0.570. The van der Waals surface area contributed by atoms with Gasteiger partial charge in [-0.2, -0.15) is 0 Å². The fourth-order valence-corrected chi connectivity index (χ4v) is 2.09. The maximum Gasteiger partial charge on any atom is 0.216 e. The quantitative estimate of drug-likeness (QED) is 0.693. The summed E-state index contributed by atoms with van der Waals surface area (Å²) in [4.78, 5) is 13.3. The molecular formula is C10H18N2O. The molecule has 1 aliphatic heterocycles. The van der Waals surface area contributed by atoms with E-state index in [9.17, 15) is 4.79 Å². The summed E-state index contributed by atoms with van der Waals surface area (Å²) in [6.45, 7) is 4.91. The molecule has 1 unspecified atom stereocenters. The zero-order valence-electron chi connectivity index (χ0n) is 8.25. The Morgan fingerprint density at radius 1 is 1.46 bits per heavy atom. The van der Waals surface area contributed by atoms with Gasteiger partial charge in [0.25, 0.3) is 0 Å². The van der Waals surface area contributed by atoms with E-state index in [4.69, 9.17) is 0 Å². The molecule has 74 valence electrons. The van der Waals surface area contributed by atoms with Crippen molar-refractivity contribution < 1.29 is 4.79 Å². The lowest BCUT2D eigenvalue weighted by molar-refractivity contribution is -0.119. The topological polar surface area (TPSA) is 32.3 Å². The molecule has 1 saturated carbocycles. The van der Waals surface area contributed by atoms with Gasteiger partial charge in [0.1, 0.15) is 0 Å². The Balaban J connectivity index is 1.68. The van der Waals surface area contributed by atoms with Gasteiger partial charge in [-0.05, 0) is 31.7 Å². The van der Waals surface area contributed by atoms with Gasteiger partial charge in [0.15, 0.2) is 0 Å². The van der Waals surface area contributed by atoms with Crippen LogP contribution in [0.3, 0.4) is 0 Å². The number of nitrogens with one attached hydrogen (secondary N) is 1. The maximum atomic E-state index is 10.7. The number of likely N-dealkylation sites (tertiary alicyclic amines) is 1. The molecule has 0 aromatic rings. The number of hydrogen-bond acceptors (Lipinski definition) is 2. The van der Waals surface area contributed by atoms with Gasteiger partial charge < -0.3 is 10.2 Å². The molecule has 1 atom stereocenters. The van der Waals surface area contributed by atoms with E-state index in [0.29, 0.717) is 5.92 Å². The maximum absolute atomic E-state index is 10.7. The van der Waals surface area contributed by atoms with Crippen LogP contribution >= 0.6 is 0 Å². The molecule has 2 fully saturated rings. The van der Waals surface area contributed by atoms with Crippen molar-refractivity contribution in [3.8, 4) is 0 Å². The summed E-state index contributed by atoms with van der Waals surface area (Å²) in [7, 11) is 0. The van der Waals surface area contributed by atoms with Gasteiger partial charge >= 0.3 is 0 Å². The molecule has 0 radical (unpaired) electrons. The lowest BCUT2D eigenvalue weighted by Crippen LogP contribution is -2.29. The van der Waals surface area contributed by atoms with Crippen molar-refractivity contribution in [3.63, 3.8) is 0 Å². The van der Waals surface area contributed by atoms with Gasteiger partial charge in [-0.3, -0.25) is 4.79 Å². The first-order chi connectivity index (χ1) is 6.25. The molecule has 1 saturated heterocycles. The van der Waals surface area contributed by atoms with Crippen LogP contribution in [0.15, 0.2) is 0 Å². The van der Waals surface area contributed by atoms with E-state index < -0.39 is 0 Å². The van der Waals surface area contributed by atoms with E-state index in [2.05, 4.69) is 10.2 Å². The largest absolute Gasteiger partial charge is 0.356 e. The summed E-state index contributed by atoms with van der Waals surface area (Å²) < 4.78 is 0. The molecule has 1 N–H and O–H groups in total. The van der Waals surface area contributed by atoms with Crippen LogP contribution in [0, 0.1) is 5.92 Å². The summed E-state index contributed by atoms with van der Waals surface area (Å²) >= 11 is 0. The predicted molar refractivity (Wildman–Crippen MR) is 51.4 cm³/mol. The lowest BCUT2D eigenvalue weighted by Gasteiger charge is -2.14. The highest BCUT2D eigenvalue weighted by Crippen LogP contribution is 2.31. The van der Waals surface area contributed by atoms with Crippen LogP contribution in [0.25, 0.3) is 0 Å². The Labute approximate surface area is 79.5 Å². The monoisotopic (exact) mass is 182 g/mol. The van der Waals surface area contributed by atoms with Crippen molar-refractivity contribution in [2.45, 2.75) is 32.2 Å². The Morgan fingerprint density at radius 2 is 2.23 bits per heavy atom. The smallest absolute Gasteiger partial charge is 0.216 e. The molecule has 13 heavy (non-hydrogen) atoms. The van der Waals surface area contributed by atoms with Crippen LogP contribution in [-0.2, 0) is 4.79 Å². The van der Waals surface area contributed by atoms with E-state index in [1.165, 1.54) is 32.4 Å². The number of carbonyl (C=O) groups is 1. The molecule has 3 nitrogen and oxygen atoms in total. The summed E-state index contributed by atoms with van der Waals surface area (Å²) in [5, 5.41) is 2.90. The molecule has 1 amide bonds. The molecule has 0 aromatic carbocycles. The summed E-state index contributed by atoms with van der Waals surface area (Å²) in [5.74, 6) is 0.800. The van der Waals surface area contributed by atoms with Gasteiger partial charge in [-0.25, -0.2) is 0 Å². The number of carbonyl (C=O) groups excluding carboxylic acids is 1. The average molecular weight is 182 g/mol. The van der Waals surface area contributed by atoms with Crippen LogP contribution in [0.4, 0.5) is 0 Å². The Morgan fingerprint density at radius 3 is 2.85 bits per heavy atom. The van der Waals surface area contributed by atoms with E-state index in [-0.39, 0.29) is 5.91 Å². The normalized spacial score (nSPS) is 29.2. The van der Waals surface area contributed by atoms with Crippen molar-refractivity contribution in [2.24, 2.45) is 5.92 Å². The first kappa shape index (κ1) is 9.00. The van der Waals surface area contributed by atoms with Gasteiger partial charge in [0.2, 0.25) is 5.91 Å². The summed E-state index contributed by atoms with van der Waals surface area (Å²) in [5.41, 5.74) is 0. The number of rotatable bonds is 3. The molecule has 3 heteroatoms. The lowest BCUT2D eigenvalue weighted by atomic mass is 10.1. The Kier molecular flexibility index (Phi) is 2.54. The summed E-state index contributed by atoms with van der Waals surface area (Å²) in [6.07, 6.45) is 4.05. The average Bonchev–Trinajstić information content (AvgIpc) is 2.83. The molecular weight excluding hydrogens is 164 g/mol. The van der Waals surface area contributed by atoms with E-state index in [1.54, 1.807) is 6.92 Å². The van der Waals surface area contributed by atoms with Crippen LogP contribution in [0.2, 0.25) is 0 Å². The molecule has 1 aliphatic carbocycles. The molecule has 0 aromatic heterocycles.